The van der Waals surface area contributed by atoms with Crippen molar-refractivity contribution in [1.29, 1.82) is 0 Å². The molecule has 1 unspecified atom stereocenters. The molecule has 112 valence electrons. The molecule has 0 bridgehead atoms. The summed E-state index contributed by atoms with van der Waals surface area (Å²) in [6.45, 7) is 4.34. The van der Waals surface area contributed by atoms with Crippen molar-refractivity contribution in [2.45, 2.75) is 26.3 Å². The molecule has 2 aromatic carbocycles. The zero-order chi connectivity index (χ0) is 15.2. The van der Waals surface area contributed by atoms with E-state index in [-0.39, 0.29) is 5.56 Å². The van der Waals surface area contributed by atoms with E-state index in [1.165, 1.54) is 18.2 Å². The fraction of sp³-hybridized carbons (Fsp3) is 0.294. The molecule has 0 aliphatic heterocycles. The van der Waals surface area contributed by atoms with E-state index in [9.17, 15) is 8.78 Å². The molecule has 2 rings (SSSR count). The number of hydrogen-bond acceptors (Lipinski definition) is 2. The second-order valence-electron chi connectivity index (χ2n) is 4.85. The summed E-state index contributed by atoms with van der Waals surface area (Å²) in [7, 11) is 0. The van der Waals surface area contributed by atoms with Crippen LogP contribution in [0.1, 0.15) is 31.9 Å². The van der Waals surface area contributed by atoms with Gasteiger partial charge >= 0.3 is 0 Å². The van der Waals surface area contributed by atoms with E-state index in [2.05, 4.69) is 5.32 Å². The van der Waals surface area contributed by atoms with Crippen molar-refractivity contribution in [3.8, 4) is 5.75 Å². The Morgan fingerprint density at radius 1 is 1.05 bits per heavy atom. The van der Waals surface area contributed by atoms with Crippen LogP contribution in [-0.4, -0.2) is 6.61 Å². The average Bonchev–Trinajstić information content (AvgIpc) is 2.46. The Hall–Kier alpha value is -2.10. The van der Waals surface area contributed by atoms with Gasteiger partial charge in [0.15, 0.2) is 0 Å². The second-order valence-corrected chi connectivity index (χ2v) is 4.85. The minimum Gasteiger partial charge on any atom is -0.491 e. The minimum absolute atomic E-state index is 0.0304. The van der Waals surface area contributed by atoms with E-state index in [4.69, 9.17) is 4.74 Å². The highest BCUT2D eigenvalue weighted by Crippen LogP contribution is 2.30. The minimum atomic E-state index is -0.554. The number of benzene rings is 2. The smallest absolute Gasteiger partial charge is 0.142 e. The average molecular weight is 291 g/mol. The number of ether oxygens (including phenoxy) is 1. The van der Waals surface area contributed by atoms with Crippen LogP contribution in [0.4, 0.5) is 14.5 Å². The summed E-state index contributed by atoms with van der Waals surface area (Å²) in [6, 6.07) is 10.8. The SMILES string of the molecule is CCCOc1ccccc1NC(C)c1c(F)cccc1F. The third kappa shape index (κ3) is 3.72. The summed E-state index contributed by atoms with van der Waals surface area (Å²) in [5.74, 6) is -0.424. The fourth-order valence-corrected chi connectivity index (χ4v) is 2.15. The van der Waals surface area contributed by atoms with Crippen LogP contribution in [0.5, 0.6) is 5.75 Å². The number of para-hydroxylation sites is 2. The summed E-state index contributed by atoms with van der Waals surface area (Å²) in [6.07, 6.45) is 0.895. The Balaban J connectivity index is 2.21. The zero-order valence-corrected chi connectivity index (χ0v) is 12.2. The highest BCUT2D eigenvalue weighted by Gasteiger charge is 2.17. The van der Waals surface area contributed by atoms with Gasteiger partial charge in [-0.1, -0.05) is 25.1 Å². The first-order chi connectivity index (χ1) is 10.1. The lowest BCUT2D eigenvalue weighted by molar-refractivity contribution is 0.318. The van der Waals surface area contributed by atoms with Crippen LogP contribution in [0.15, 0.2) is 42.5 Å². The first kappa shape index (κ1) is 15.3. The number of rotatable bonds is 6. The quantitative estimate of drug-likeness (QED) is 0.815. The first-order valence-corrected chi connectivity index (χ1v) is 7.05. The number of nitrogens with one attached hydrogen (secondary N) is 1. The molecular formula is C17H19F2NO. The Bertz CT molecular complexity index is 581. The molecule has 0 aromatic heterocycles. The van der Waals surface area contributed by atoms with Crippen LogP contribution in [0.2, 0.25) is 0 Å². The lowest BCUT2D eigenvalue weighted by atomic mass is 10.1. The molecule has 1 N–H and O–H groups in total. The van der Waals surface area contributed by atoms with Crippen molar-refractivity contribution in [1.82, 2.24) is 0 Å². The lowest BCUT2D eigenvalue weighted by Crippen LogP contribution is -2.12. The Kier molecular flexibility index (Phi) is 5.14. The van der Waals surface area contributed by atoms with Gasteiger partial charge in [-0.05, 0) is 37.6 Å². The molecule has 4 heteroatoms. The van der Waals surface area contributed by atoms with Crippen LogP contribution in [-0.2, 0) is 0 Å². The van der Waals surface area contributed by atoms with Crippen LogP contribution >= 0.6 is 0 Å². The molecule has 0 aliphatic carbocycles. The summed E-state index contributed by atoms with van der Waals surface area (Å²) in [5.41, 5.74) is 0.754. The number of halogens is 2. The van der Waals surface area contributed by atoms with Gasteiger partial charge in [-0.25, -0.2) is 8.78 Å². The molecule has 0 amide bonds. The molecule has 0 fully saturated rings. The molecule has 2 nitrogen and oxygen atoms in total. The first-order valence-electron chi connectivity index (χ1n) is 7.05. The molecule has 0 saturated carbocycles. The van der Waals surface area contributed by atoms with Gasteiger partial charge in [0.05, 0.1) is 18.3 Å². The predicted molar refractivity (Wildman–Crippen MR) is 80.6 cm³/mol. The van der Waals surface area contributed by atoms with Crippen molar-refractivity contribution in [2.75, 3.05) is 11.9 Å². The monoisotopic (exact) mass is 291 g/mol. The fourth-order valence-electron chi connectivity index (χ4n) is 2.15. The van der Waals surface area contributed by atoms with Gasteiger partial charge in [0.25, 0.3) is 0 Å². The van der Waals surface area contributed by atoms with E-state index in [1.54, 1.807) is 6.92 Å². The van der Waals surface area contributed by atoms with Crippen molar-refractivity contribution in [3.05, 3.63) is 59.7 Å². The van der Waals surface area contributed by atoms with Gasteiger partial charge in [0.1, 0.15) is 17.4 Å². The van der Waals surface area contributed by atoms with E-state index >= 15 is 0 Å². The van der Waals surface area contributed by atoms with Crippen molar-refractivity contribution in [2.24, 2.45) is 0 Å². The summed E-state index contributed by atoms with van der Waals surface area (Å²) < 4.78 is 33.2. The Morgan fingerprint density at radius 2 is 1.71 bits per heavy atom. The summed E-state index contributed by atoms with van der Waals surface area (Å²) in [4.78, 5) is 0. The van der Waals surface area contributed by atoms with Gasteiger partial charge in [-0.15, -0.1) is 0 Å². The predicted octanol–water partition coefficient (Wildman–Crippen LogP) is 4.93. The number of anilines is 1. The van der Waals surface area contributed by atoms with Gasteiger partial charge in [0.2, 0.25) is 0 Å². The molecule has 0 aliphatic rings. The number of hydrogen-bond donors (Lipinski definition) is 1. The largest absolute Gasteiger partial charge is 0.491 e. The van der Waals surface area contributed by atoms with Crippen molar-refractivity contribution >= 4 is 5.69 Å². The lowest BCUT2D eigenvalue weighted by Gasteiger charge is -2.19. The van der Waals surface area contributed by atoms with E-state index in [0.717, 1.165) is 12.1 Å². The van der Waals surface area contributed by atoms with Crippen LogP contribution < -0.4 is 10.1 Å². The van der Waals surface area contributed by atoms with Gasteiger partial charge in [-0.3, -0.25) is 0 Å². The van der Waals surface area contributed by atoms with E-state index < -0.39 is 17.7 Å². The Labute approximate surface area is 123 Å². The van der Waals surface area contributed by atoms with Gasteiger partial charge in [-0.2, -0.15) is 0 Å². The molecule has 2 aromatic rings. The molecule has 1 atom stereocenters. The zero-order valence-electron chi connectivity index (χ0n) is 12.2. The molecule has 0 spiro atoms. The highest BCUT2D eigenvalue weighted by molar-refractivity contribution is 5.57. The highest BCUT2D eigenvalue weighted by atomic mass is 19.1. The third-order valence-electron chi connectivity index (χ3n) is 3.15. The molecule has 0 radical (unpaired) electrons. The molecular weight excluding hydrogens is 272 g/mol. The summed E-state index contributed by atoms with van der Waals surface area (Å²) >= 11 is 0. The topological polar surface area (TPSA) is 21.3 Å². The van der Waals surface area contributed by atoms with Gasteiger partial charge < -0.3 is 10.1 Å². The van der Waals surface area contributed by atoms with Crippen LogP contribution in [0, 0.1) is 11.6 Å². The third-order valence-corrected chi connectivity index (χ3v) is 3.15. The van der Waals surface area contributed by atoms with E-state index in [0.29, 0.717) is 12.4 Å². The maximum atomic E-state index is 13.8. The Morgan fingerprint density at radius 3 is 2.38 bits per heavy atom. The van der Waals surface area contributed by atoms with Crippen LogP contribution in [0.3, 0.4) is 0 Å². The van der Waals surface area contributed by atoms with Crippen LogP contribution in [0.25, 0.3) is 0 Å². The second kappa shape index (κ2) is 7.07. The summed E-state index contributed by atoms with van der Waals surface area (Å²) in [5, 5.41) is 3.11. The maximum Gasteiger partial charge on any atom is 0.142 e. The standard InChI is InChI=1S/C17H19F2NO/c1-3-11-21-16-10-5-4-9-15(16)20-12(2)17-13(18)7-6-8-14(17)19/h4-10,12,20H,3,11H2,1-2H3. The molecule has 0 saturated heterocycles. The van der Waals surface area contributed by atoms with Crippen molar-refractivity contribution in [3.63, 3.8) is 0 Å². The maximum absolute atomic E-state index is 13.8. The molecule has 21 heavy (non-hydrogen) atoms. The van der Waals surface area contributed by atoms with Gasteiger partial charge in [0, 0.05) is 5.56 Å². The van der Waals surface area contributed by atoms with Crippen molar-refractivity contribution < 1.29 is 13.5 Å². The molecule has 0 heterocycles. The van der Waals surface area contributed by atoms with E-state index in [1.807, 2.05) is 31.2 Å². The normalized spacial score (nSPS) is 12.0.